The monoisotopic (exact) mass is 643 g/mol. The Balaban J connectivity index is 2.06. The Labute approximate surface area is 251 Å². The number of hydrogen-bond acceptors (Lipinski definition) is 5. The van der Waals surface area contributed by atoms with Crippen LogP contribution in [0.5, 0.6) is 5.75 Å². The van der Waals surface area contributed by atoms with Crippen LogP contribution in [0.2, 0.25) is 0 Å². The summed E-state index contributed by atoms with van der Waals surface area (Å²) >= 11 is 3.37. The van der Waals surface area contributed by atoms with Gasteiger partial charge < -0.3 is 15.0 Å². The molecule has 0 unspecified atom stereocenters. The van der Waals surface area contributed by atoms with E-state index in [9.17, 15) is 18.0 Å². The molecular weight excluding hydrogens is 606 g/mol. The molecule has 0 fully saturated rings. The van der Waals surface area contributed by atoms with E-state index >= 15 is 0 Å². The number of methoxy groups -OCH3 is 1. The van der Waals surface area contributed by atoms with E-state index in [1.54, 1.807) is 30.3 Å². The highest BCUT2D eigenvalue weighted by atomic mass is 79.9. The molecule has 0 aliphatic carbocycles. The van der Waals surface area contributed by atoms with Crippen LogP contribution in [0.25, 0.3) is 0 Å². The second kappa shape index (κ2) is 14.5. The molecule has 41 heavy (non-hydrogen) atoms. The Kier molecular flexibility index (Phi) is 11.4. The Morgan fingerprint density at radius 3 is 2.10 bits per heavy atom. The fourth-order valence-electron chi connectivity index (χ4n) is 4.35. The van der Waals surface area contributed by atoms with Crippen LogP contribution in [0.4, 0.5) is 5.69 Å². The standard InChI is InChI=1S/C31H38BrN3O5S/c1-6-18-33-31(37)28(7-2)34(20-24-12-8-22(3)9-13-24)30(36)21-35(25-14-10-23(4)11-15-25)41(38,39)26-16-17-29(40-5)27(32)19-26/h8-17,19,28H,6-7,18,20-21H2,1-5H3,(H,33,37)/t28-/m0/s1. The SMILES string of the molecule is CCCNC(=O)[C@H](CC)N(Cc1ccc(C)cc1)C(=O)CN(c1ccc(C)cc1)S(=O)(=O)c1ccc(OC)c(Br)c1. The number of nitrogens with zero attached hydrogens (tertiary/aromatic N) is 2. The van der Waals surface area contributed by atoms with E-state index in [-0.39, 0.29) is 17.3 Å². The molecule has 0 aliphatic rings. The van der Waals surface area contributed by atoms with E-state index in [2.05, 4.69) is 21.2 Å². The van der Waals surface area contributed by atoms with Crippen LogP contribution in [-0.4, -0.2) is 51.4 Å². The highest BCUT2D eigenvalue weighted by molar-refractivity contribution is 9.10. The molecule has 1 atom stereocenters. The molecule has 0 aliphatic heterocycles. The summed E-state index contributed by atoms with van der Waals surface area (Å²) in [4.78, 5) is 28.8. The Hall–Kier alpha value is -3.37. The van der Waals surface area contributed by atoms with Crippen molar-refractivity contribution in [3.05, 3.63) is 87.9 Å². The van der Waals surface area contributed by atoms with Gasteiger partial charge in [-0.15, -0.1) is 0 Å². The maximum absolute atomic E-state index is 14.1. The van der Waals surface area contributed by atoms with Crippen molar-refractivity contribution in [2.45, 2.75) is 58.0 Å². The van der Waals surface area contributed by atoms with Gasteiger partial charge in [0.05, 0.1) is 22.2 Å². The van der Waals surface area contributed by atoms with Crippen molar-refractivity contribution < 1.29 is 22.7 Å². The van der Waals surface area contributed by atoms with E-state index in [0.717, 1.165) is 27.4 Å². The number of amides is 2. The number of anilines is 1. The second-order valence-electron chi connectivity index (χ2n) is 9.87. The van der Waals surface area contributed by atoms with Crippen molar-refractivity contribution in [3.63, 3.8) is 0 Å². The lowest BCUT2D eigenvalue weighted by atomic mass is 10.1. The van der Waals surface area contributed by atoms with Crippen LogP contribution in [-0.2, 0) is 26.2 Å². The van der Waals surface area contributed by atoms with Crippen molar-refractivity contribution in [3.8, 4) is 5.75 Å². The van der Waals surface area contributed by atoms with Gasteiger partial charge in [-0.2, -0.15) is 0 Å². The smallest absolute Gasteiger partial charge is 0.264 e. The van der Waals surface area contributed by atoms with E-state index in [1.807, 2.05) is 52.0 Å². The lowest BCUT2D eigenvalue weighted by Crippen LogP contribution is -2.52. The topological polar surface area (TPSA) is 96.0 Å². The molecule has 0 radical (unpaired) electrons. The zero-order valence-electron chi connectivity index (χ0n) is 24.2. The predicted molar refractivity (Wildman–Crippen MR) is 166 cm³/mol. The zero-order valence-corrected chi connectivity index (χ0v) is 26.6. The molecule has 2 amide bonds. The largest absolute Gasteiger partial charge is 0.496 e. The first-order valence-electron chi connectivity index (χ1n) is 13.6. The predicted octanol–water partition coefficient (Wildman–Crippen LogP) is 5.60. The average molecular weight is 645 g/mol. The minimum absolute atomic E-state index is 0.00337. The second-order valence-corrected chi connectivity index (χ2v) is 12.6. The highest BCUT2D eigenvalue weighted by Crippen LogP contribution is 2.31. The number of carbonyl (C=O) groups excluding carboxylic acids is 2. The molecule has 220 valence electrons. The summed E-state index contributed by atoms with van der Waals surface area (Å²) in [6, 6.07) is 18.3. The first kappa shape index (κ1) is 32.1. The van der Waals surface area contributed by atoms with Gasteiger partial charge in [0.25, 0.3) is 10.0 Å². The number of carbonyl (C=O) groups is 2. The lowest BCUT2D eigenvalue weighted by molar-refractivity contribution is -0.140. The number of ether oxygens (including phenoxy) is 1. The molecule has 3 rings (SSSR count). The highest BCUT2D eigenvalue weighted by Gasteiger charge is 2.33. The van der Waals surface area contributed by atoms with Gasteiger partial charge in [-0.25, -0.2) is 8.42 Å². The Bertz CT molecular complexity index is 1440. The normalized spacial score (nSPS) is 12.0. The average Bonchev–Trinajstić information content (AvgIpc) is 2.96. The number of aryl methyl sites for hydroxylation is 2. The minimum atomic E-state index is -4.19. The van der Waals surface area contributed by atoms with Gasteiger partial charge in [0, 0.05) is 13.1 Å². The quantitative estimate of drug-likeness (QED) is 0.261. The van der Waals surface area contributed by atoms with Gasteiger partial charge in [0.15, 0.2) is 0 Å². The summed E-state index contributed by atoms with van der Waals surface area (Å²) in [5.74, 6) is -0.269. The molecule has 0 heterocycles. The molecule has 0 spiro atoms. The molecule has 0 saturated carbocycles. The molecule has 0 bridgehead atoms. The molecule has 8 nitrogen and oxygen atoms in total. The van der Waals surface area contributed by atoms with E-state index < -0.39 is 28.5 Å². The third-order valence-electron chi connectivity index (χ3n) is 6.72. The van der Waals surface area contributed by atoms with Crippen molar-refractivity contribution >= 4 is 43.5 Å². The van der Waals surface area contributed by atoms with Crippen molar-refractivity contribution in [2.75, 3.05) is 24.5 Å². The van der Waals surface area contributed by atoms with E-state index in [0.29, 0.717) is 28.9 Å². The number of hydrogen-bond donors (Lipinski definition) is 1. The summed E-state index contributed by atoms with van der Waals surface area (Å²) in [7, 11) is -2.69. The molecule has 0 saturated heterocycles. The van der Waals surface area contributed by atoms with Gasteiger partial charge in [-0.05, 0) is 78.5 Å². The van der Waals surface area contributed by atoms with E-state index in [4.69, 9.17) is 4.74 Å². The van der Waals surface area contributed by atoms with E-state index in [1.165, 1.54) is 24.1 Å². The van der Waals surface area contributed by atoms with Gasteiger partial charge in [0.1, 0.15) is 18.3 Å². The van der Waals surface area contributed by atoms with Crippen LogP contribution < -0.4 is 14.4 Å². The summed E-state index contributed by atoms with van der Waals surface area (Å²) in [5, 5.41) is 2.90. The lowest BCUT2D eigenvalue weighted by Gasteiger charge is -2.33. The molecule has 1 N–H and O–H groups in total. The fourth-order valence-corrected chi connectivity index (χ4v) is 6.48. The number of rotatable bonds is 13. The van der Waals surface area contributed by atoms with Crippen LogP contribution >= 0.6 is 15.9 Å². The Morgan fingerprint density at radius 1 is 0.951 bits per heavy atom. The van der Waals surface area contributed by atoms with Gasteiger partial charge in [0.2, 0.25) is 11.8 Å². The molecule has 10 heteroatoms. The number of benzene rings is 3. The maximum Gasteiger partial charge on any atom is 0.264 e. The zero-order chi connectivity index (χ0) is 30.2. The first-order valence-corrected chi connectivity index (χ1v) is 15.8. The van der Waals surface area contributed by atoms with Gasteiger partial charge >= 0.3 is 0 Å². The van der Waals surface area contributed by atoms with Crippen molar-refractivity contribution in [1.29, 1.82) is 0 Å². The fraction of sp³-hybridized carbons (Fsp3) is 0.355. The van der Waals surface area contributed by atoms with Gasteiger partial charge in [-0.1, -0.05) is 61.4 Å². The summed E-state index contributed by atoms with van der Waals surface area (Å²) < 4.78 is 34.9. The first-order chi connectivity index (χ1) is 19.5. The summed E-state index contributed by atoms with van der Waals surface area (Å²) in [5.41, 5.74) is 3.20. The Morgan fingerprint density at radius 2 is 1.56 bits per heavy atom. The third-order valence-corrected chi connectivity index (χ3v) is 9.11. The number of sulfonamides is 1. The van der Waals surface area contributed by atoms with Crippen molar-refractivity contribution in [1.82, 2.24) is 10.2 Å². The molecular formula is C31H38BrN3O5S. The summed E-state index contributed by atoms with van der Waals surface area (Å²) in [6.45, 7) is 7.83. The molecule has 0 aromatic heterocycles. The number of halogens is 1. The maximum atomic E-state index is 14.1. The van der Waals surface area contributed by atoms with Crippen LogP contribution in [0.3, 0.4) is 0 Å². The summed E-state index contributed by atoms with van der Waals surface area (Å²) in [6.07, 6.45) is 1.13. The van der Waals surface area contributed by atoms with Gasteiger partial charge in [-0.3, -0.25) is 13.9 Å². The van der Waals surface area contributed by atoms with Crippen molar-refractivity contribution in [2.24, 2.45) is 0 Å². The van der Waals surface area contributed by atoms with Crippen LogP contribution in [0, 0.1) is 13.8 Å². The minimum Gasteiger partial charge on any atom is -0.496 e. The van der Waals surface area contributed by atoms with Crippen LogP contribution in [0.15, 0.2) is 76.1 Å². The number of nitrogens with one attached hydrogen (secondary N) is 1. The van der Waals surface area contributed by atoms with Crippen LogP contribution in [0.1, 0.15) is 43.4 Å². The third kappa shape index (κ3) is 8.10. The molecule has 3 aromatic rings. The molecule has 3 aromatic carbocycles.